The van der Waals surface area contributed by atoms with E-state index in [1.807, 2.05) is 36.4 Å². The van der Waals surface area contributed by atoms with E-state index in [0.717, 1.165) is 24.9 Å². The highest BCUT2D eigenvalue weighted by molar-refractivity contribution is 5.95. The third-order valence-electron chi connectivity index (χ3n) is 4.13. The van der Waals surface area contributed by atoms with Crippen LogP contribution in [0.3, 0.4) is 0 Å². The Hall–Kier alpha value is -2.10. The first-order valence-electron chi connectivity index (χ1n) is 7.89. The number of carbonyl (C=O) groups is 2. The van der Waals surface area contributed by atoms with Crippen molar-refractivity contribution in [2.75, 3.05) is 5.32 Å². The van der Waals surface area contributed by atoms with Gasteiger partial charge in [0.05, 0.1) is 11.8 Å². The van der Waals surface area contributed by atoms with Crippen LogP contribution in [0, 0.1) is 11.8 Å². The molecule has 0 fully saturated rings. The van der Waals surface area contributed by atoms with Crippen molar-refractivity contribution >= 4 is 17.6 Å². The zero-order chi connectivity index (χ0) is 15.9. The van der Waals surface area contributed by atoms with Gasteiger partial charge in [-0.3, -0.25) is 9.59 Å². The highest BCUT2D eigenvalue weighted by Crippen LogP contribution is 2.27. The van der Waals surface area contributed by atoms with Crippen LogP contribution in [-0.2, 0) is 16.0 Å². The SMILES string of the molecule is CCCCc1ccc(NC(=O)[C@@H]2CC=CC[C@H]2C(=O)O)cc1. The van der Waals surface area contributed by atoms with Crippen molar-refractivity contribution in [2.24, 2.45) is 11.8 Å². The van der Waals surface area contributed by atoms with Crippen molar-refractivity contribution < 1.29 is 14.7 Å². The van der Waals surface area contributed by atoms with Crippen LogP contribution in [0.25, 0.3) is 0 Å². The Morgan fingerprint density at radius 3 is 2.36 bits per heavy atom. The number of nitrogens with one attached hydrogen (secondary N) is 1. The number of rotatable bonds is 6. The third kappa shape index (κ3) is 4.20. The maximum atomic E-state index is 12.3. The maximum absolute atomic E-state index is 12.3. The first-order valence-corrected chi connectivity index (χ1v) is 7.89. The summed E-state index contributed by atoms with van der Waals surface area (Å²) in [5.74, 6) is -2.24. The van der Waals surface area contributed by atoms with Gasteiger partial charge >= 0.3 is 5.97 Å². The number of hydrogen-bond acceptors (Lipinski definition) is 2. The molecule has 2 atom stereocenters. The molecule has 2 N–H and O–H groups in total. The van der Waals surface area contributed by atoms with Gasteiger partial charge in [-0.2, -0.15) is 0 Å². The van der Waals surface area contributed by atoms with Crippen molar-refractivity contribution in [3.05, 3.63) is 42.0 Å². The molecule has 0 unspecified atom stereocenters. The standard InChI is InChI=1S/C18H23NO3/c1-2-3-6-13-9-11-14(12-10-13)19-17(20)15-7-4-5-8-16(15)18(21)22/h4-5,9-12,15-16H,2-3,6-8H2,1H3,(H,19,20)(H,21,22)/t15-,16-/m1/s1. The summed E-state index contributed by atoms with van der Waals surface area (Å²) in [5.41, 5.74) is 1.98. The monoisotopic (exact) mass is 301 g/mol. The summed E-state index contributed by atoms with van der Waals surface area (Å²) in [6.07, 6.45) is 7.98. The molecule has 1 amide bonds. The molecule has 0 radical (unpaired) electrons. The molecule has 2 rings (SSSR count). The van der Waals surface area contributed by atoms with Gasteiger partial charge in [0.15, 0.2) is 0 Å². The van der Waals surface area contributed by atoms with E-state index in [0.29, 0.717) is 12.8 Å². The molecule has 118 valence electrons. The summed E-state index contributed by atoms with van der Waals surface area (Å²) in [5, 5.41) is 12.1. The van der Waals surface area contributed by atoms with E-state index in [2.05, 4.69) is 12.2 Å². The van der Waals surface area contributed by atoms with Gasteiger partial charge in [-0.1, -0.05) is 37.6 Å². The number of anilines is 1. The first-order chi connectivity index (χ1) is 10.6. The Bertz CT molecular complexity index is 548. The lowest BCUT2D eigenvalue weighted by Gasteiger charge is -2.24. The second-order valence-electron chi connectivity index (χ2n) is 5.78. The van der Waals surface area contributed by atoms with E-state index >= 15 is 0 Å². The van der Waals surface area contributed by atoms with Gasteiger partial charge < -0.3 is 10.4 Å². The minimum absolute atomic E-state index is 0.210. The lowest BCUT2D eigenvalue weighted by Crippen LogP contribution is -2.34. The molecule has 0 aliphatic heterocycles. The van der Waals surface area contributed by atoms with Crippen LogP contribution in [0.5, 0.6) is 0 Å². The molecule has 22 heavy (non-hydrogen) atoms. The predicted molar refractivity (Wildman–Crippen MR) is 86.7 cm³/mol. The lowest BCUT2D eigenvalue weighted by atomic mass is 9.82. The number of aryl methyl sites for hydroxylation is 1. The molecule has 4 nitrogen and oxygen atoms in total. The number of carboxylic acids is 1. The van der Waals surface area contributed by atoms with Crippen molar-refractivity contribution in [1.82, 2.24) is 0 Å². The molecule has 1 aliphatic carbocycles. The van der Waals surface area contributed by atoms with Gasteiger partial charge in [-0.25, -0.2) is 0 Å². The molecular weight excluding hydrogens is 278 g/mol. The highest BCUT2D eigenvalue weighted by Gasteiger charge is 2.33. The van der Waals surface area contributed by atoms with Crippen molar-refractivity contribution in [2.45, 2.75) is 39.0 Å². The zero-order valence-electron chi connectivity index (χ0n) is 12.9. The average Bonchev–Trinajstić information content (AvgIpc) is 2.54. The third-order valence-corrected chi connectivity index (χ3v) is 4.13. The fraction of sp³-hybridized carbons (Fsp3) is 0.444. The van der Waals surface area contributed by atoms with Crippen molar-refractivity contribution in [3.8, 4) is 0 Å². The number of aliphatic carboxylic acids is 1. The number of carbonyl (C=O) groups excluding carboxylic acids is 1. The van der Waals surface area contributed by atoms with Gasteiger partial charge in [0.2, 0.25) is 5.91 Å². The molecule has 0 aromatic heterocycles. The summed E-state index contributed by atoms with van der Waals surface area (Å²) < 4.78 is 0. The minimum Gasteiger partial charge on any atom is -0.481 e. The topological polar surface area (TPSA) is 66.4 Å². The fourth-order valence-corrected chi connectivity index (χ4v) is 2.75. The highest BCUT2D eigenvalue weighted by atomic mass is 16.4. The van der Waals surface area contributed by atoms with Gasteiger partial charge in [-0.15, -0.1) is 0 Å². The van der Waals surface area contributed by atoms with Crippen LogP contribution in [0.15, 0.2) is 36.4 Å². The Labute approximate surface area is 131 Å². The number of allylic oxidation sites excluding steroid dienone is 2. The van der Waals surface area contributed by atoms with Gasteiger partial charge in [0.25, 0.3) is 0 Å². The predicted octanol–water partition coefficient (Wildman–Crippen LogP) is 3.63. The maximum Gasteiger partial charge on any atom is 0.307 e. The van der Waals surface area contributed by atoms with Crippen molar-refractivity contribution in [1.29, 1.82) is 0 Å². The van der Waals surface area contributed by atoms with Crippen LogP contribution in [0.1, 0.15) is 38.2 Å². The smallest absolute Gasteiger partial charge is 0.307 e. The van der Waals surface area contributed by atoms with Crippen LogP contribution in [0.4, 0.5) is 5.69 Å². The molecule has 1 aliphatic rings. The second-order valence-corrected chi connectivity index (χ2v) is 5.78. The van der Waals surface area contributed by atoms with Crippen molar-refractivity contribution in [3.63, 3.8) is 0 Å². The van der Waals surface area contributed by atoms with E-state index in [-0.39, 0.29) is 5.91 Å². The molecule has 0 bridgehead atoms. The summed E-state index contributed by atoms with van der Waals surface area (Å²) in [6.45, 7) is 2.16. The molecular formula is C18H23NO3. The number of hydrogen-bond donors (Lipinski definition) is 2. The molecule has 1 aromatic rings. The van der Waals surface area contributed by atoms with Gasteiger partial charge in [0, 0.05) is 5.69 Å². The molecule has 1 aromatic carbocycles. The van der Waals surface area contributed by atoms with E-state index in [4.69, 9.17) is 0 Å². The Morgan fingerprint density at radius 2 is 1.77 bits per heavy atom. The Kier molecular flexibility index (Phi) is 5.75. The zero-order valence-corrected chi connectivity index (χ0v) is 12.9. The summed E-state index contributed by atoms with van der Waals surface area (Å²) in [6, 6.07) is 7.80. The van der Waals surface area contributed by atoms with Crippen LogP contribution in [-0.4, -0.2) is 17.0 Å². The number of amides is 1. The molecule has 4 heteroatoms. The van der Waals surface area contributed by atoms with E-state index in [1.165, 1.54) is 5.56 Å². The number of unbranched alkanes of at least 4 members (excludes halogenated alkanes) is 1. The Morgan fingerprint density at radius 1 is 1.14 bits per heavy atom. The number of carboxylic acid groups (broad SMARTS) is 1. The summed E-state index contributed by atoms with van der Waals surface area (Å²) >= 11 is 0. The average molecular weight is 301 g/mol. The molecule has 0 saturated carbocycles. The van der Waals surface area contributed by atoms with E-state index in [9.17, 15) is 14.7 Å². The summed E-state index contributed by atoms with van der Waals surface area (Å²) in [7, 11) is 0. The number of benzene rings is 1. The lowest BCUT2D eigenvalue weighted by molar-refractivity contribution is -0.146. The normalized spacial score (nSPS) is 20.6. The minimum atomic E-state index is -0.903. The van der Waals surface area contributed by atoms with Crippen LogP contribution < -0.4 is 5.32 Å². The largest absolute Gasteiger partial charge is 0.481 e. The van der Waals surface area contributed by atoms with Gasteiger partial charge in [-0.05, 0) is 43.4 Å². The van der Waals surface area contributed by atoms with E-state index in [1.54, 1.807) is 0 Å². The second kappa shape index (κ2) is 7.78. The van der Waals surface area contributed by atoms with Crippen LogP contribution >= 0.6 is 0 Å². The fourth-order valence-electron chi connectivity index (χ4n) is 2.75. The molecule has 0 heterocycles. The Balaban J connectivity index is 1.98. The van der Waals surface area contributed by atoms with Crippen LogP contribution in [0.2, 0.25) is 0 Å². The summed E-state index contributed by atoms with van der Waals surface area (Å²) in [4.78, 5) is 23.6. The van der Waals surface area contributed by atoms with Gasteiger partial charge in [0.1, 0.15) is 0 Å². The quantitative estimate of drug-likeness (QED) is 0.788. The first kappa shape index (κ1) is 16.3. The van der Waals surface area contributed by atoms with E-state index < -0.39 is 17.8 Å². The molecule has 0 spiro atoms. The molecule has 0 saturated heterocycles.